The third kappa shape index (κ3) is 6.39. The number of nitrogens with two attached hydrogens (primary N) is 1. The fourth-order valence-corrected chi connectivity index (χ4v) is 7.13. The van der Waals surface area contributed by atoms with Crippen LogP contribution in [0, 0.1) is 11.3 Å². The molecule has 2 fully saturated rings. The van der Waals surface area contributed by atoms with Gasteiger partial charge in [-0.2, -0.15) is 5.26 Å². The van der Waals surface area contributed by atoms with E-state index in [4.69, 9.17) is 15.2 Å². The van der Waals surface area contributed by atoms with Gasteiger partial charge in [0.2, 0.25) is 0 Å². The predicted octanol–water partition coefficient (Wildman–Crippen LogP) is 5.06. The summed E-state index contributed by atoms with van der Waals surface area (Å²) in [4.78, 5) is 36.4. The van der Waals surface area contributed by atoms with Crippen molar-refractivity contribution in [3.8, 4) is 23.3 Å². The van der Waals surface area contributed by atoms with Crippen molar-refractivity contribution in [3.63, 3.8) is 0 Å². The maximum absolute atomic E-state index is 14.2. The third-order valence-electron chi connectivity index (χ3n) is 9.26. The molecule has 4 heterocycles. The lowest BCUT2D eigenvalue weighted by molar-refractivity contribution is -0.128. The first-order valence-electron chi connectivity index (χ1n) is 16.1. The van der Waals surface area contributed by atoms with Crippen molar-refractivity contribution >= 4 is 22.8 Å². The lowest BCUT2D eigenvalue weighted by Crippen LogP contribution is -2.48. The number of imidazole rings is 1. The molecule has 0 unspecified atom stereocenters. The number of aromatic nitrogens is 3. The van der Waals surface area contributed by atoms with Crippen LogP contribution in [0.4, 0.5) is 5.82 Å². The van der Waals surface area contributed by atoms with Crippen molar-refractivity contribution in [1.82, 2.24) is 23.9 Å². The topological polar surface area (TPSA) is 132 Å². The summed E-state index contributed by atoms with van der Waals surface area (Å²) in [5.74, 6) is 1.26. The van der Waals surface area contributed by atoms with Gasteiger partial charge in [-0.05, 0) is 94.6 Å². The van der Waals surface area contributed by atoms with Crippen LogP contribution in [0.15, 0.2) is 83.3 Å². The van der Waals surface area contributed by atoms with Crippen LogP contribution in [-0.4, -0.2) is 74.8 Å². The van der Waals surface area contributed by atoms with Gasteiger partial charge in [-0.1, -0.05) is 18.2 Å². The highest BCUT2D eigenvalue weighted by Crippen LogP contribution is 2.32. The minimum absolute atomic E-state index is 0.111. The number of pyridine rings is 1. The van der Waals surface area contributed by atoms with Crippen LogP contribution in [0.25, 0.3) is 16.7 Å². The summed E-state index contributed by atoms with van der Waals surface area (Å²) in [6, 6.07) is 20.6. The standard InChI is InChI=1S/C36H41N7O4/c1-36(2,41-20-8-10-28(41)24-46-3)21-25(22-37)34(44)40-19-7-9-27(23-40)42-31-17-18-39-33(38)32(31)43(35(42)45)26-13-15-30(16-14-26)47-29-11-5-4-6-12-29/h4-6,11-18,21,27-28H,7-10,19-20,23-24H2,1-3H3,(H2,38,39)/t27-,28+/m1/s1. The molecule has 11 nitrogen and oxygen atoms in total. The van der Waals surface area contributed by atoms with Crippen LogP contribution in [0.1, 0.15) is 45.6 Å². The van der Waals surface area contributed by atoms with E-state index < -0.39 is 5.54 Å². The number of anilines is 1. The number of para-hydroxylation sites is 1. The van der Waals surface area contributed by atoms with E-state index in [9.17, 15) is 14.9 Å². The Morgan fingerprint density at radius 3 is 2.51 bits per heavy atom. The van der Waals surface area contributed by atoms with Crippen LogP contribution in [0.5, 0.6) is 11.5 Å². The molecule has 2 aliphatic heterocycles. The molecule has 11 heteroatoms. The van der Waals surface area contributed by atoms with Gasteiger partial charge < -0.3 is 20.1 Å². The van der Waals surface area contributed by atoms with Gasteiger partial charge in [0.1, 0.15) is 34.5 Å². The van der Waals surface area contributed by atoms with Crippen LogP contribution >= 0.6 is 0 Å². The average molecular weight is 636 g/mol. The van der Waals surface area contributed by atoms with Gasteiger partial charge in [0.05, 0.1) is 23.9 Å². The summed E-state index contributed by atoms with van der Waals surface area (Å²) in [7, 11) is 1.70. The molecule has 1 amide bonds. The first-order chi connectivity index (χ1) is 22.7. The molecular weight excluding hydrogens is 594 g/mol. The van der Waals surface area contributed by atoms with Crippen LogP contribution in [0.3, 0.4) is 0 Å². The number of piperidine rings is 1. The molecule has 47 heavy (non-hydrogen) atoms. The van der Waals surface area contributed by atoms with E-state index in [1.165, 1.54) is 0 Å². The number of carbonyl (C=O) groups excluding carboxylic acids is 1. The SMILES string of the molecule is COC[C@@H]1CCCN1C(C)(C)C=C(C#N)C(=O)N1CCC[C@@H](n2c(=O)n(-c3ccc(Oc4ccccc4)cc3)c3c(N)nccc32)C1. The molecule has 2 saturated heterocycles. The normalized spacial score (nSPS) is 19.2. The van der Waals surface area contributed by atoms with E-state index in [1.54, 1.807) is 39.5 Å². The van der Waals surface area contributed by atoms with Gasteiger partial charge >= 0.3 is 5.69 Å². The van der Waals surface area contributed by atoms with Crippen molar-refractivity contribution < 1.29 is 14.3 Å². The number of benzene rings is 2. The van der Waals surface area contributed by atoms with E-state index in [0.717, 1.165) is 19.4 Å². The largest absolute Gasteiger partial charge is 0.457 e. The van der Waals surface area contributed by atoms with E-state index >= 15 is 0 Å². The minimum Gasteiger partial charge on any atom is -0.457 e. The van der Waals surface area contributed by atoms with Crippen molar-refractivity contribution in [2.24, 2.45) is 0 Å². The van der Waals surface area contributed by atoms with E-state index in [1.807, 2.05) is 68.4 Å². The van der Waals surface area contributed by atoms with Crippen LogP contribution in [0.2, 0.25) is 0 Å². The number of likely N-dealkylation sites (tertiary alicyclic amines) is 2. The van der Waals surface area contributed by atoms with Crippen molar-refractivity contribution in [3.05, 3.63) is 89.0 Å². The Morgan fingerprint density at radius 2 is 1.79 bits per heavy atom. The number of fused-ring (bicyclic) bond motifs is 1. The highest BCUT2D eigenvalue weighted by atomic mass is 16.5. The quantitative estimate of drug-likeness (QED) is 0.199. The lowest BCUT2D eigenvalue weighted by Gasteiger charge is -2.38. The number of rotatable bonds is 9. The number of carbonyl (C=O) groups is 1. The Balaban J connectivity index is 1.29. The molecule has 0 bridgehead atoms. The molecule has 2 aromatic carbocycles. The zero-order chi connectivity index (χ0) is 33.1. The molecule has 2 aromatic heterocycles. The highest BCUT2D eigenvalue weighted by molar-refractivity contribution is 5.97. The lowest BCUT2D eigenvalue weighted by atomic mass is 9.96. The number of hydrogen-bond donors (Lipinski definition) is 1. The first-order valence-corrected chi connectivity index (χ1v) is 16.1. The molecule has 0 saturated carbocycles. The summed E-state index contributed by atoms with van der Waals surface area (Å²) in [5.41, 5.74) is 7.48. The number of ether oxygens (including phenoxy) is 2. The minimum atomic E-state index is -0.508. The summed E-state index contributed by atoms with van der Waals surface area (Å²) >= 11 is 0. The third-order valence-corrected chi connectivity index (χ3v) is 9.26. The first kappa shape index (κ1) is 32.0. The zero-order valence-electron chi connectivity index (χ0n) is 27.1. The van der Waals surface area contributed by atoms with Crippen molar-refractivity contribution in [2.75, 3.05) is 39.1 Å². The molecule has 2 N–H and O–H groups in total. The molecule has 2 aliphatic rings. The van der Waals surface area contributed by atoms with Crippen molar-refractivity contribution in [1.29, 1.82) is 5.26 Å². The molecule has 244 valence electrons. The molecule has 0 radical (unpaired) electrons. The second-order valence-corrected chi connectivity index (χ2v) is 12.8. The van der Waals surface area contributed by atoms with Gasteiger partial charge in [0, 0.05) is 38.0 Å². The fourth-order valence-electron chi connectivity index (χ4n) is 7.13. The second-order valence-electron chi connectivity index (χ2n) is 12.8. The predicted molar refractivity (Wildman–Crippen MR) is 180 cm³/mol. The number of amides is 1. The second kappa shape index (κ2) is 13.4. The van der Waals surface area contributed by atoms with Crippen LogP contribution in [-0.2, 0) is 9.53 Å². The number of nitrogens with zero attached hydrogens (tertiary/aromatic N) is 6. The number of nitriles is 1. The summed E-state index contributed by atoms with van der Waals surface area (Å²) in [6.07, 6.45) is 6.83. The smallest absolute Gasteiger partial charge is 0.334 e. The summed E-state index contributed by atoms with van der Waals surface area (Å²) in [5, 5.41) is 10.1. The average Bonchev–Trinajstić information content (AvgIpc) is 3.67. The maximum atomic E-state index is 14.2. The monoisotopic (exact) mass is 635 g/mol. The molecular formula is C36H41N7O4. The molecule has 0 aliphatic carbocycles. The Morgan fingerprint density at radius 1 is 1.06 bits per heavy atom. The van der Waals surface area contributed by atoms with E-state index in [0.29, 0.717) is 60.8 Å². The fraction of sp³-hybridized carbons (Fsp3) is 0.389. The molecule has 2 atom stereocenters. The van der Waals surface area contributed by atoms with Gasteiger partial charge in [-0.15, -0.1) is 0 Å². The zero-order valence-corrected chi connectivity index (χ0v) is 27.1. The molecule has 6 rings (SSSR count). The Bertz CT molecular complexity index is 1870. The Hall–Kier alpha value is -4.92. The van der Waals surface area contributed by atoms with Crippen molar-refractivity contribution in [2.45, 2.75) is 57.2 Å². The number of methoxy groups -OCH3 is 1. The Kier molecular flexibility index (Phi) is 9.16. The number of hydrogen-bond acceptors (Lipinski definition) is 8. The van der Waals surface area contributed by atoms with E-state index in [2.05, 4.69) is 16.0 Å². The molecule has 4 aromatic rings. The van der Waals surface area contributed by atoms with Gasteiger partial charge in [-0.3, -0.25) is 18.8 Å². The Labute approximate surface area is 274 Å². The van der Waals surface area contributed by atoms with Gasteiger partial charge in [0.15, 0.2) is 0 Å². The summed E-state index contributed by atoms with van der Waals surface area (Å²) < 4.78 is 14.7. The highest BCUT2D eigenvalue weighted by Gasteiger charge is 2.37. The van der Waals surface area contributed by atoms with Gasteiger partial charge in [-0.25, -0.2) is 9.78 Å². The van der Waals surface area contributed by atoms with Crippen LogP contribution < -0.4 is 16.2 Å². The maximum Gasteiger partial charge on any atom is 0.334 e. The van der Waals surface area contributed by atoms with Gasteiger partial charge in [0.25, 0.3) is 5.91 Å². The molecule has 0 spiro atoms. The number of nitrogen functional groups attached to an aromatic ring is 1. The summed E-state index contributed by atoms with van der Waals surface area (Å²) in [6.45, 7) is 6.36. The van der Waals surface area contributed by atoms with E-state index in [-0.39, 0.29) is 35.1 Å².